The quantitative estimate of drug-likeness (QED) is 0.586. The molecule has 0 bridgehead atoms. The highest BCUT2D eigenvalue weighted by molar-refractivity contribution is 7.52. The zero-order chi connectivity index (χ0) is 9.03. The van der Waals surface area contributed by atoms with E-state index in [1.165, 1.54) is 6.66 Å². The van der Waals surface area contributed by atoms with Crippen LogP contribution in [0.1, 0.15) is 6.92 Å². The molecule has 0 aromatic rings. The summed E-state index contributed by atoms with van der Waals surface area (Å²) < 4.78 is 21.5. The second kappa shape index (κ2) is 4.38. The van der Waals surface area contributed by atoms with E-state index in [4.69, 9.17) is 9.05 Å². The van der Waals surface area contributed by atoms with Gasteiger partial charge in [0.25, 0.3) is 0 Å². The van der Waals surface area contributed by atoms with E-state index in [2.05, 4.69) is 11.8 Å². The first-order valence-corrected chi connectivity index (χ1v) is 6.22. The third-order valence-corrected chi connectivity index (χ3v) is 3.22. The van der Waals surface area contributed by atoms with Crippen molar-refractivity contribution >= 4 is 7.60 Å². The summed E-state index contributed by atoms with van der Waals surface area (Å²) in [7, 11) is -2.72. The molecule has 1 saturated heterocycles. The second-order valence-electron chi connectivity index (χ2n) is 2.87. The van der Waals surface area contributed by atoms with Crippen LogP contribution in [-0.2, 0) is 13.6 Å². The van der Waals surface area contributed by atoms with Crippen molar-refractivity contribution in [3.05, 3.63) is 0 Å². The maximum absolute atomic E-state index is 11.3. The van der Waals surface area contributed by atoms with E-state index >= 15 is 0 Å². The molecule has 1 fully saturated rings. The predicted molar refractivity (Wildman–Crippen MR) is 47.5 cm³/mol. The first-order chi connectivity index (χ1) is 5.64. The van der Waals surface area contributed by atoms with E-state index in [0.717, 1.165) is 19.6 Å². The molecule has 1 aliphatic heterocycles. The lowest BCUT2D eigenvalue weighted by Gasteiger charge is -2.25. The minimum Gasteiger partial charge on any atom is -0.307 e. The van der Waals surface area contributed by atoms with Crippen molar-refractivity contribution in [3.63, 3.8) is 0 Å². The standard InChI is InChI=1S/C7H16NO3P/c1-3-8-4-6-10-12(2,9)11-7-5-8/h3-7H2,1-2H3. The fourth-order valence-corrected chi connectivity index (χ4v) is 2.04. The van der Waals surface area contributed by atoms with Gasteiger partial charge in [-0.15, -0.1) is 0 Å². The van der Waals surface area contributed by atoms with Crippen LogP contribution in [0.4, 0.5) is 0 Å². The fraction of sp³-hybridized carbons (Fsp3) is 1.00. The lowest BCUT2D eigenvalue weighted by Crippen LogP contribution is -2.32. The summed E-state index contributed by atoms with van der Waals surface area (Å²) in [6, 6.07) is 0. The van der Waals surface area contributed by atoms with Crippen LogP contribution in [0.5, 0.6) is 0 Å². The van der Waals surface area contributed by atoms with Gasteiger partial charge < -0.3 is 9.05 Å². The molecule has 1 rings (SSSR count). The summed E-state index contributed by atoms with van der Waals surface area (Å²) in [6.07, 6.45) is 0. The molecule has 0 aliphatic carbocycles. The average Bonchev–Trinajstić information content (AvgIpc) is 1.97. The van der Waals surface area contributed by atoms with Gasteiger partial charge in [0.1, 0.15) is 0 Å². The molecule has 0 saturated carbocycles. The van der Waals surface area contributed by atoms with Gasteiger partial charge in [-0.3, -0.25) is 9.46 Å². The molecule has 0 aromatic carbocycles. The Morgan fingerprint density at radius 1 is 1.33 bits per heavy atom. The smallest absolute Gasteiger partial charge is 0.307 e. The van der Waals surface area contributed by atoms with Gasteiger partial charge in [0, 0.05) is 19.8 Å². The van der Waals surface area contributed by atoms with Gasteiger partial charge in [-0.05, 0) is 6.54 Å². The van der Waals surface area contributed by atoms with E-state index in [0.29, 0.717) is 13.2 Å². The highest BCUT2D eigenvalue weighted by Gasteiger charge is 2.19. The Kier molecular flexibility index (Phi) is 3.72. The van der Waals surface area contributed by atoms with Gasteiger partial charge >= 0.3 is 7.60 Å². The van der Waals surface area contributed by atoms with Crippen molar-refractivity contribution < 1.29 is 13.6 Å². The summed E-state index contributed by atoms with van der Waals surface area (Å²) in [5.74, 6) is 0. The molecule has 0 radical (unpaired) electrons. The van der Waals surface area contributed by atoms with Gasteiger partial charge in [0.15, 0.2) is 0 Å². The van der Waals surface area contributed by atoms with Gasteiger partial charge in [-0.1, -0.05) is 6.92 Å². The number of hydrogen-bond acceptors (Lipinski definition) is 4. The molecule has 0 atom stereocenters. The zero-order valence-electron chi connectivity index (χ0n) is 7.65. The SMILES string of the molecule is CCN1CCOP(C)(=O)OCC1. The van der Waals surface area contributed by atoms with Crippen LogP contribution in [0.2, 0.25) is 0 Å². The molecule has 72 valence electrons. The average molecular weight is 193 g/mol. The summed E-state index contributed by atoms with van der Waals surface area (Å²) in [4.78, 5) is 2.21. The summed E-state index contributed by atoms with van der Waals surface area (Å²) in [6.45, 7) is 7.29. The van der Waals surface area contributed by atoms with Crippen molar-refractivity contribution in [1.29, 1.82) is 0 Å². The van der Waals surface area contributed by atoms with Gasteiger partial charge in [0.05, 0.1) is 13.2 Å². The largest absolute Gasteiger partial charge is 0.327 e. The van der Waals surface area contributed by atoms with E-state index in [-0.39, 0.29) is 0 Å². The van der Waals surface area contributed by atoms with Gasteiger partial charge in [0.2, 0.25) is 0 Å². The molecule has 4 nitrogen and oxygen atoms in total. The molecule has 0 N–H and O–H groups in total. The third kappa shape index (κ3) is 3.23. The Morgan fingerprint density at radius 3 is 2.25 bits per heavy atom. The summed E-state index contributed by atoms with van der Waals surface area (Å²) >= 11 is 0. The van der Waals surface area contributed by atoms with Crippen LogP contribution < -0.4 is 0 Å². The second-order valence-corrected chi connectivity index (χ2v) is 4.93. The van der Waals surface area contributed by atoms with Crippen molar-refractivity contribution in [2.24, 2.45) is 0 Å². The molecule has 5 heteroatoms. The van der Waals surface area contributed by atoms with E-state index in [1.54, 1.807) is 0 Å². The van der Waals surface area contributed by atoms with Crippen LogP contribution in [0, 0.1) is 0 Å². The minimum atomic E-state index is -2.72. The zero-order valence-corrected chi connectivity index (χ0v) is 8.55. The molecular weight excluding hydrogens is 177 g/mol. The lowest BCUT2D eigenvalue weighted by atomic mass is 10.5. The first kappa shape index (κ1) is 10.2. The van der Waals surface area contributed by atoms with Crippen LogP contribution in [0.25, 0.3) is 0 Å². The Morgan fingerprint density at radius 2 is 1.83 bits per heavy atom. The Balaban J connectivity index is 2.39. The Bertz CT molecular complexity index is 171. The van der Waals surface area contributed by atoms with Crippen molar-refractivity contribution in [1.82, 2.24) is 4.90 Å². The van der Waals surface area contributed by atoms with Gasteiger partial charge in [-0.25, -0.2) is 0 Å². The number of nitrogens with zero attached hydrogens (tertiary/aromatic N) is 1. The summed E-state index contributed by atoms with van der Waals surface area (Å²) in [5.41, 5.74) is 0. The normalized spacial score (nSPS) is 26.2. The number of likely N-dealkylation sites (N-methyl/N-ethyl adjacent to an activating group) is 1. The summed E-state index contributed by atoms with van der Waals surface area (Å²) in [5, 5.41) is 0. The first-order valence-electron chi connectivity index (χ1n) is 4.23. The van der Waals surface area contributed by atoms with Crippen LogP contribution in [-0.4, -0.2) is 44.4 Å². The maximum atomic E-state index is 11.3. The molecular formula is C7H16NO3P. The van der Waals surface area contributed by atoms with Crippen LogP contribution >= 0.6 is 7.60 Å². The number of rotatable bonds is 1. The Labute approximate surface area is 73.4 Å². The molecule has 0 amide bonds. The molecule has 1 heterocycles. The third-order valence-electron chi connectivity index (χ3n) is 1.91. The van der Waals surface area contributed by atoms with Crippen molar-refractivity contribution in [2.45, 2.75) is 6.92 Å². The van der Waals surface area contributed by atoms with Crippen LogP contribution in [0.15, 0.2) is 0 Å². The minimum absolute atomic E-state index is 0.502. The maximum Gasteiger partial charge on any atom is 0.327 e. The van der Waals surface area contributed by atoms with E-state index < -0.39 is 7.60 Å². The highest BCUT2D eigenvalue weighted by Crippen LogP contribution is 2.43. The molecule has 0 unspecified atom stereocenters. The van der Waals surface area contributed by atoms with Crippen molar-refractivity contribution in [3.8, 4) is 0 Å². The highest BCUT2D eigenvalue weighted by atomic mass is 31.2. The molecule has 1 aliphatic rings. The van der Waals surface area contributed by atoms with Crippen LogP contribution in [0.3, 0.4) is 0 Å². The van der Waals surface area contributed by atoms with E-state index in [1.807, 2.05) is 0 Å². The van der Waals surface area contributed by atoms with E-state index in [9.17, 15) is 4.57 Å². The monoisotopic (exact) mass is 193 g/mol. The topological polar surface area (TPSA) is 38.8 Å². The van der Waals surface area contributed by atoms with Crippen molar-refractivity contribution in [2.75, 3.05) is 39.5 Å². The number of hydrogen-bond donors (Lipinski definition) is 0. The van der Waals surface area contributed by atoms with Gasteiger partial charge in [-0.2, -0.15) is 0 Å². The molecule has 0 spiro atoms. The fourth-order valence-electron chi connectivity index (χ4n) is 1.14. The molecule has 12 heavy (non-hydrogen) atoms. The Hall–Kier alpha value is 0.110. The molecule has 0 aromatic heterocycles. The lowest BCUT2D eigenvalue weighted by molar-refractivity contribution is 0.126. The predicted octanol–water partition coefficient (Wildman–Crippen LogP) is 1.18.